The van der Waals surface area contributed by atoms with E-state index in [1.54, 1.807) is 0 Å². The fourth-order valence-corrected chi connectivity index (χ4v) is 3.41. The molecule has 0 saturated heterocycles. The largest absolute Gasteiger partial charge is 0.464 e. The van der Waals surface area contributed by atoms with Crippen LogP contribution in [0.4, 0.5) is 5.69 Å². The van der Waals surface area contributed by atoms with Gasteiger partial charge in [-0.2, -0.15) is 0 Å². The number of nitrogens with zero attached hydrogens (tertiary/aromatic N) is 1. The molecule has 2 heterocycles. The van der Waals surface area contributed by atoms with E-state index in [-0.39, 0.29) is 12.1 Å². The molecule has 0 radical (unpaired) electrons. The van der Waals surface area contributed by atoms with Crippen LogP contribution in [0.15, 0.2) is 40.8 Å². The molecule has 112 valence electrons. The van der Waals surface area contributed by atoms with Crippen LogP contribution in [0.25, 0.3) is 0 Å². The van der Waals surface area contributed by atoms with Crippen molar-refractivity contribution in [2.24, 2.45) is 11.7 Å². The van der Waals surface area contributed by atoms with E-state index in [2.05, 4.69) is 49.1 Å². The van der Waals surface area contributed by atoms with Gasteiger partial charge in [0.2, 0.25) is 0 Å². The van der Waals surface area contributed by atoms with E-state index in [0.717, 1.165) is 24.5 Å². The SMILES string of the molecule is Cc1ccc(C(C(C)N)N2CC(C)Cc3ccccc32)o1. The number of furan rings is 1. The molecule has 0 fully saturated rings. The van der Waals surface area contributed by atoms with Crippen LogP contribution in [0.1, 0.15) is 37.0 Å². The molecule has 21 heavy (non-hydrogen) atoms. The minimum absolute atomic E-state index is 0.00825. The normalized spacial score (nSPS) is 21.0. The summed E-state index contributed by atoms with van der Waals surface area (Å²) in [5.74, 6) is 2.53. The Morgan fingerprint density at radius 3 is 2.67 bits per heavy atom. The first kappa shape index (κ1) is 14.2. The van der Waals surface area contributed by atoms with Crippen molar-refractivity contribution in [1.29, 1.82) is 0 Å². The highest BCUT2D eigenvalue weighted by Gasteiger charge is 2.32. The van der Waals surface area contributed by atoms with Gasteiger partial charge in [-0.05, 0) is 49.9 Å². The lowest BCUT2D eigenvalue weighted by Gasteiger charge is -2.41. The Kier molecular flexibility index (Phi) is 3.77. The summed E-state index contributed by atoms with van der Waals surface area (Å²) in [5, 5.41) is 0. The summed E-state index contributed by atoms with van der Waals surface area (Å²) in [6.07, 6.45) is 1.13. The van der Waals surface area contributed by atoms with Gasteiger partial charge in [0.25, 0.3) is 0 Å². The third kappa shape index (κ3) is 2.70. The second-order valence-electron chi connectivity index (χ2n) is 6.34. The molecule has 3 atom stereocenters. The maximum Gasteiger partial charge on any atom is 0.128 e. The zero-order valence-corrected chi connectivity index (χ0v) is 13.0. The van der Waals surface area contributed by atoms with Crippen molar-refractivity contribution < 1.29 is 4.42 Å². The zero-order chi connectivity index (χ0) is 15.0. The van der Waals surface area contributed by atoms with E-state index in [0.29, 0.717) is 5.92 Å². The highest BCUT2D eigenvalue weighted by molar-refractivity contribution is 5.57. The highest BCUT2D eigenvalue weighted by atomic mass is 16.3. The summed E-state index contributed by atoms with van der Waals surface area (Å²) in [4.78, 5) is 2.42. The molecule has 3 rings (SSSR count). The van der Waals surface area contributed by atoms with Crippen LogP contribution in [-0.4, -0.2) is 12.6 Å². The average molecular weight is 284 g/mol. The van der Waals surface area contributed by atoms with Crippen molar-refractivity contribution >= 4 is 5.69 Å². The van der Waals surface area contributed by atoms with Gasteiger partial charge in [0.05, 0.1) is 0 Å². The first-order valence-corrected chi connectivity index (χ1v) is 7.72. The summed E-state index contributed by atoms with van der Waals surface area (Å²) < 4.78 is 5.89. The lowest BCUT2D eigenvalue weighted by atomic mass is 9.91. The van der Waals surface area contributed by atoms with Crippen LogP contribution >= 0.6 is 0 Å². The second-order valence-corrected chi connectivity index (χ2v) is 6.34. The van der Waals surface area contributed by atoms with Gasteiger partial charge >= 0.3 is 0 Å². The molecule has 0 spiro atoms. The number of hydrogen-bond acceptors (Lipinski definition) is 3. The molecule has 1 aliphatic heterocycles. The molecule has 0 saturated carbocycles. The fraction of sp³-hybridized carbons (Fsp3) is 0.444. The highest BCUT2D eigenvalue weighted by Crippen LogP contribution is 2.37. The minimum atomic E-state index is 0.00825. The smallest absolute Gasteiger partial charge is 0.128 e. The molecular weight excluding hydrogens is 260 g/mol. The molecule has 0 aliphatic carbocycles. The molecule has 2 N–H and O–H groups in total. The zero-order valence-electron chi connectivity index (χ0n) is 13.0. The monoisotopic (exact) mass is 284 g/mol. The van der Waals surface area contributed by atoms with Crippen molar-refractivity contribution in [1.82, 2.24) is 0 Å². The maximum absolute atomic E-state index is 6.31. The summed E-state index contributed by atoms with van der Waals surface area (Å²) in [6, 6.07) is 12.8. The molecule has 1 aliphatic rings. The predicted molar refractivity (Wildman–Crippen MR) is 86.5 cm³/mol. The number of nitrogens with two attached hydrogens (primary N) is 1. The van der Waals surface area contributed by atoms with E-state index in [9.17, 15) is 0 Å². The maximum atomic E-state index is 6.31. The number of rotatable bonds is 3. The minimum Gasteiger partial charge on any atom is -0.464 e. The molecular formula is C18H24N2O. The van der Waals surface area contributed by atoms with Gasteiger partial charge in [-0.1, -0.05) is 25.1 Å². The van der Waals surface area contributed by atoms with E-state index in [1.807, 2.05) is 13.0 Å². The average Bonchev–Trinajstić information content (AvgIpc) is 2.84. The number of benzene rings is 1. The van der Waals surface area contributed by atoms with Crippen molar-refractivity contribution in [3.63, 3.8) is 0 Å². The fourth-order valence-electron chi connectivity index (χ4n) is 3.41. The van der Waals surface area contributed by atoms with Gasteiger partial charge in [0.1, 0.15) is 17.6 Å². The lowest BCUT2D eigenvalue weighted by molar-refractivity contribution is 0.379. The number of anilines is 1. The van der Waals surface area contributed by atoms with E-state index < -0.39 is 0 Å². The Labute approximate surface area is 126 Å². The van der Waals surface area contributed by atoms with Crippen molar-refractivity contribution in [3.05, 3.63) is 53.5 Å². The number of fused-ring (bicyclic) bond motifs is 1. The van der Waals surface area contributed by atoms with Gasteiger partial charge in [0.15, 0.2) is 0 Å². The molecule has 1 aromatic heterocycles. The number of aryl methyl sites for hydroxylation is 1. The van der Waals surface area contributed by atoms with Crippen LogP contribution in [0.3, 0.4) is 0 Å². The van der Waals surface area contributed by atoms with E-state index in [1.165, 1.54) is 11.3 Å². The molecule has 0 amide bonds. The Morgan fingerprint density at radius 2 is 2.00 bits per heavy atom. The van der Waals surface area contributed by atoms with E-state index >= 15 is 0 Å². The van der Waals surface area contributed by atoms with Crippen molar-refractivity contribution in [2.45, 2.75) is 39.3 Å². The quantitative estimate of drug-likeness (QED) is 0.935. The van der Waals surface area contributed by atoms with Crippen molar-refractivity contribution in [2.75, 3.05) is 11.4 Å². The molecule has 3 unspecified atom stereocenters. The Morgan fingerprint density at radius 1 is 1.24 bits per heavy atom. The third-order valence-electron chi connectivity index (χ3n) is 4.26. The van der Waals surface area contributed by atoms with Crippen LogP contribution in [0.2, 0.25) is 0 Å². The van der Waals surface area contributed by atoms with Gasteiger partial charge in [-0.25, -0.2) is 0 Å². The van der Waals surface area contributed by atoms with Gasteiger partial charge in [-0.3, -0.25) is 0 Å². The third-order valence-corrected chi connectivity index (χ3v) is 4.26. The van der Waals surface area contributed by atoms with Gasteiger partial charge in [-0.15, -0.1) is 0 Å². The summed E-state index contributed by atoms with van der Waals surface area (Å²) in [6.45, 7) is 7.36. The Hall–Kier alpha value is -1.74. The molecule has 1 aromatic carbocycles. The van der Waals surface area contributed by atoms with Crippen LogP contribution in [-0.2, 0) is 6.42 Å². The Balaban J connectivity index is 2.04. The van der Waals surface area contributed by atoms with Gasteiger partial charge in [0, 0.05) is 18.3 Å². The molecule has 0 bridgehead atoms. The topological polar surface area (TPSA) is 42.4 Å². The second kappa shape index (κ2) is 5.57. The van der Waals surface area contributed by atoms with Crippen molar-refractivity contribution in [3.8, 4) is 0 Å². The predicted octanol–water partition coefficient (Wildman–Crippen LogP) is 3.68. The first-order valence-electron chi connectivity index (χ1n) is 7.72. The molecule has 3 nitrogen and oxygen atoms in total. The van der Waals surface area contributed by atoms with E-state index in [4.69, 9.17) is 10.2 Å². The summed E-state index contributed by atoms with van der Waals surface area (Å²) >= 11 is 0. The van der Waals surface area contributed by atoms with Gasteiger partial charge < -0.3 is 15.1 Å². The molecule has 2 aromatic rings. The summed E-state index contributed by atoms with van der Waals surface area (Å²) in [7, 11) is 0. The van der Waals surface area contributed by atoms with Crippen LogP contribution in [0, 0.1) is 12.8 Å². The van der Waals surface area contributed by atoms with Crippen LogP contribution < -0.4 is 10.6 Å². The standard InChI is InChI=1S/C18H24N2O/c1-12-10-15-6-4-5-7-16(15)20(11-12)18(14(3)19)17-9-8-13(2)21-17/h4-9,12,14,18H,10-11,19H2,1-3H3. The number of hydrogen-bond donors (Lipinski definition) is 1. The first-order chi connectivity index (χ1) is 10.1. The molecule has 3 heteroatoms. The number of para-hydroxylation sites is 1. The Bertz CT molecular complexity index is 617. The summed E-state index contributed by atoms with van der Waals surface area (Å²) in [5.41, 5.74) is 9.02. The van der Waals surface area contributed by atoms with Crippen LogP contribution in [0.5, 0.6) is 0 Å². The lowest BCUT2D eigenvalue weighted by Crippen LogP contribution is -2.44.